The number of halogens is 2. The standard InChI is InChI=1S/C20H17ClFN3O3S/c1-25(13-14-8-10-23-11-9-14)20(26)15-2-4-16(5-3-15)24-29(27,28)17-6-7-19(22)18(21)12-17/h2-12,24H,13H2,1H3. The maximum Gasteiger partial charge on any atom is 0.261 e. The Morgan fingerprint density at radius 2 is 1.76 bits per heavy atom. The van der Waals surface area contributed by atoms with Crippen molar-refractivity contribution in [3.63, 3.8) is 0 Å². The number of pyridine rings is 1. The van der Waals surface area contributed by atoms with Gasteiger partial charge in [-0.25, -0.2) is 12.8 Å². The van der Waals surface area contributed by atoms with Crippen molar-refractivity contribution in [2.24, 2.45) is 0 Å². The van der Waals surface area contributed by atoms with Crippen molar-refractivity contribution in [1.29, 1.82) is 0 Å². The fourth-order valence-electron chi connectivity index (χ4n) is 2.59. The van der Waals surface area contributed by atoms with Crippen molar-refractivity contribution in [3.05, 3.63) is 89.0 Å². The number of carbonyl (C=O) groups is 1. The molecule has 29 heavy (non-hydrogen) atoms. The highest BCUT2D eigenvalue weighted by Gasteiger charge is 2.17. The second-order valence-electron chi connectivity index (χ2n) is 6.28. The van der Waals surface area contributed by atoms with E-state index in [9.17, 15) is 17.6 Å². The molecule has 1 aromatic heterocycles. The highest BCUT2D eigenvalue weighted by molar-refractivity contribution is 7.92. The zero-order valence-corrected chi connectivity index (χ0v) is 16.9. The molecule has 0 fully saturated rings. The van der Waals surface area contributed by atoms with Crippen LogP contribution < -0.4 is 4.72 Å². The first-order valence-corrected chi connectivity index (χ1v) is 10.3. The molecule has 0 saturated carbocycles. The molecule has 0 unspecified atom stereocenters. The number of carbonyl (C=O) groups excluding carboxylic acids is 1. The van der Waals surface area contributed by atoms with E-state index < -0.39 is 15.8 Å². The Labute approximate surface area is 173 Å². The highest BCUT2D eigenvalue weighted by Crippen LogP contribution is 2.22. The molecule has 3 aromatic rings. The lowest BCUT2D eigenvalue weighted by atomic mass is 10.1. The predicted molar refractivity (Wildman–Crippen MR) is 109 cm³/mol. The largest absolute Gasteiger partial charge is 0.337 e. The number of anilines is 1. The number of aromatic nitrogens is 1. The van der Waals surface area contributed by atoms with Gasteiger partial charge >= 0.3 is 0 Å². The van der Waals surface area contributed by atoms with E-state index in [1.807, 2.05) is 12.1 Å². The molecule has 0 aliphatic rings. The van der Waals surface area contributed by atoms with Crippen LogP contribution in [-0.4, -0.2) is 31.3 Å². The summed E-state index contributed by atoms with van der Waals surface area (Å²) >= 11 is 5.65. The van der Waals surface area contributed by atoms with Gasteiger partial charge in [-0.1, -0.05) is 11.6 Å². The lowest BCUT2D eigenvalue weighted by Crippen LogP contribution is -2.26. The molecule has 0 radical (unpaired) electrons. The summed E-state index contributed by atoms with van der Waals surface area (Å²) < 4.78 is 40.5. The van der Waals surface area contributed by atoms with Crippen molar-refractivity contribution in [3.8, 4) is 0 Å². The molecular weight excluding hydrogens is 417 g/mol. The number of amides is 1. The third-order valence-electron chi connectivity index (χ3n) is 4.10. The summed E-state index contributed by atoms with van der Waals surface area (Å²) in [6, 6.07) is 12.8. The quantitative estimate of drug-likeness (QED) is 0.638. The van der Waals surface area contributed by atoms with Gasteiger partial charge in [-0.15, -0.1) is 0 Å². The summed E-state index contributed by atoms with van der Waals surface area (Å²) in [5.41, 5.74) is 1.62. The SMILES string of the molecule is CN(Cc1ccncc1)C(=O)c1ccc(NS(=O)(=O)c2ccc(F)c(Cl)c2)cc1. The fourth-order valence-corrected chi connectivity index (χ4v) is 3.92. The Morgan fingerprint density at radius 1 is 1.10 bits per heavy atom. The van der Waals surface area contributed by atoms with E-state index in [0.29, 0.717) is 12.1 Å². The molecule has 0 saturated heterocycles. The van der Waals surface area contributed by atoms with Crippen LogP contribution in [-0.2, 0) is 16.6 Å². The van der Waals surface area contributed by atoms with Crippen LogP contribution in [0.3, 0.4) is 0 Å². The average Bonchev–Trinajstić information content (AvgIpc) is 2.70. The molecule has 3 rings (SSSR count). The molecule has 0 aliphatic heterocycles. The Kier molecular flexibility index (Phi) is 6.14. The molecule has 1 amide bonds. The van der Waals surface area contributed by atoms with Crippen molar-refractivity contribution in [1.82, 2.24) is 9.88 Å². The minimum Gasteiger partial charge on any atom is -0.337 e. The molecule has 0 spiro atoms. The lowest BCUT2D eigenvalue weighted by molar-refractivity contribution is 0.0785. The molecule has 6 nitrogen and oxygen atoms in total. The zero-order valence-electron chi connectivity index (χ0n) is 15.3. The summed E-state index contributed by atoms with van der Waals surface area (Å²) in [6.07, 6.45) is 3.31. The number of hydrogen-bond donors (Lipinski definition) is 1. The second-order valence-corrected chi connectivity index (χ2v) is 8.37. The third-order valence-corrected chi connectivity index (χ3v) is 5.77. The summed E-state index contributed by atoms with van der Waals surface area (Å²) in [7, 11) is -2.27. The van der Waals surface area contributed by atoms with Gasteiger partial charge in [-0.3, -0.25) is 14.5 Å². The molecule has 0 atom stereocenters. The minimum absolute atomic E-state index is 0.166. The molecule has 0 aliphatic carbocycles. The van der Waals surface area contributed by atoms with Crippen LogP contribution in [0, 0.1) is 5.82 Å². The normalized spacial score (nSPS) is 11.1. The van der Waals surface area contributed by atoms with Gasteiger partial charge < -0.3 is 4.90 Å². The van der Waals surface area contributed by atoms with Crippen LogP contribution in [0.2, 0.25) is 5.02 Å². The molecule has 9 heteroatoms. The first-order valence-electron chi connectivity index (χ1n) is 8.48. The second kappa shape index (κ2) is 8.59. The van der Waals surface area contributed by atoms with Gasteiger partial charge in [0.25, 0.3) is 15.9 Å². The number of hydrogen-bond acceptors (Lipinski definition) is 4. The molecule has 1 N–H and O–H groups in total. The Balaban J connectivity index is 1.70. The zero-order chi connectivity index (χ0) is 21.0. The third kappa shape index (κ3) is 5.10. The van der Waals surface area contributed by atoms with E-state index in [0.717, 1.165) is 23.8 Å². The van der Waals surface area contributed by atoms with E-state index in [-0.39, 0.29) is 21.5 Å². The van der Waals surface area contributed by atoms with Crippen molar-refractivity contribution in [2.75, 3.05) is 11.8 Å². The van der Waals surface area contributed by atoms with Gasteiger partial charge in [0.1, 0.15) is 5.82 Å². The number of benzene rings is 2. The van der Waals surface area contributed by atoms with Crippen molar-refractivity contribution < 1.29 is 17.6 Å². The first-order chi connectivity index (χ1) is 13.8. The van der Waals surface area contributed by atoms with Crippen molar-refractivity contribution >= 4 is 33.2 Å². The summed E-state index contributed by atoms with van der Waals surface area (Å²) in [5.74, 6) is -0.911. The van der Waals surface area contributed by atoms with E-state index in [4.69, 9.17) is 11.6 Å². The van der Waals surface area contributed by atoms with Gasteiger partial charge in [0.2, 0.25) is 0 Å². The monoisotopic (exact) mass is 433 g/mol. The minimum atomic E-state index is -3.95. The lowest BCUT2D eigenvalue weighted by Gasteiger charge is -2.17. The number of nitrogens with one attached hydrogen (secondary N) is 1. The van der Waals surface area contributed by atoms with Gasteiger partial charge in [-0.05, 0) is 60.2 Å². The van der Waals surface area contributed by atoms with Crippen molar-refractivity contribution in [2.45, 2.75) is 11.4 Å². The topological polar surface area (TPSA) is 79.4 Å². The number of sulfonamides is 1. The number of rotatable bonds is 6. The Morgan fingerprint density at radius 3 is 2.38 bits per heavy atom. The van der Waals surface area contributed by atoms with Crippen LogP contribution in [0.4, 0.5) is 10.1 Å². The van der Waals surface area contributed by atoms with E-state index >= 15 is 0 Å². The maximum absolute atomic E-state index is 13.3. The molecule has 150 valence electrons. The first kappa shape index (κ1) is 20.8. The van der Waals surface area contributed by atoms with Gasteiger partial charge in [0, 0.05) is 37.2 Å². The smallest absolute Gasteiger partial charge is 0.261 e. The van der Waals surface area contributed by atoms with E-state index in [1.165, 1.54) is 24.3 Å². The van der Waals surface area contributed by atoms with Crippen LogP contribution >= 0.6 is 11.6 Å². The van der Waals surface area contributed by atoms with E-state index in [1.54, 1.807) is 24.3 Å². The Hall–Kier alpha value is -2.97. The summed E-state index contributed by atoms with van der Waals surface area (Å²) in [6.45, 7) is 0.418. The summed E-state index contributed by atoms with van der Waals surface area (Å²) in [4.78, 5) is 17.9. The van der Waals surface area contributed by atoms with Crippen LogP contribution in [0.5, 0.6) is 0 Å². The van der Waals surface area contributed by atoms with Gasteiger partial charge in [0.05, 0.1) is 9.92 Å². The van der Waals surface area contributed by atoms with Gasteiger partial charge in [-0.2, -0.15) is 0 Å². The van der Waals surface area contributed by atoms with E-state index in [2.05, 4.69) is 9.71 Å². The predicted octanol–water partition coefficient (Wildman–Crippen LogP) is 3.95. The maximum atomic E-state index is 13.3. The Bertz CT molecular complexity index is 1120. The van der Waals surface area contributed by atoms with Crippen LogP contribution in [0.1, 0.15) is 15.9 Å². The number of nitrogens with zero attached hydrogens (tertiary/aromatic N) is 2. The fraction of sp³-hybridized carbons (Fsp3) is 0.100. The molecular formula is C20H17ClFN3O3S. The average molecular weight is 434 g/mol. The molecule has 0 bridgehead atoms. The van der Waals surface area contributed by atoms with Crippen LogP contribution in [0.15, 0.2) is 71.9 Å². The molecule has 1 heterocycles. The molecule has 2 aromatic carbocycles. The van der Waals surface area contributed by atoms with Gasteiger partial charge in [0.15, 0.2) is 0 Å². The van der Waals surface area contributed by atoms with Crippen LogP contribution in [0.25, 0.3) is 0 Å². The summed E-state index contributed by atoms with van der Waals surface area (Å²) in [5, 5.41) is -0.286. The highest BCUT2D eigenvalue weighted by atomic mass is 35.5.